The second kappa shape index (κ2) is 9.71. The van der Waals surface area contributed by atoms with Crippen molar-refractivity contribution in [3.05, 3.63) is 108 Å². The molecule has 0 aromatic heterocycles. The zero-order valence-corrected chi connectivity index (χ0v) is 17.8. The van der Waals surface area contributed by atoms with Crippen LogP contribution in [-0.4, -0.2) is 6.16 Å². The number of rotatable bonds is 6. The lowest BCUT2D eigenvalue weighted by Gasteiger charge is -2.12. The molecule has 0 aliphatic rings. The third-order valence-electron chi connectivity index (χ3n) is 4.84. The monoisotopic (exact) mass is 426 g/mol. The quantitative estimate of drug-likeness (QED) is 0.244. The molecule has 5 nitrogen and oxygen atoms in total. The fourth-order valence-corrected chi connectivity index (χ4v) is 3.29. The summed E-state index contributed by atoms with van der Waals surface area (Å²) in [5.41, 5.74) is 5.57. The lowest BCUT2D eigenvalue weighted by atomic mass is 10.0. The molecule has 4 aromatic carbocycles. The summed E-state index contributed by atoms with van der Waals surface area (Å²) < 4.78 is 0. The van der Waals surface area contributed by atoms with Gasteiger partial charge in [0, 0.05) is 11.1 Å². The molecular formula is C27H22O5. The van der Waals surface area contributed by atoms with E-state index >= 15 is 0 Å². The van der Waals surface area contributed by atoms with Gasteiger partial charge in [0.2, 0.25) is 0 Å². The van der Waals surface area contributed by atoms with Crippen LogP contribution in [0.4, 0.5) is 4.79 Å². The minimum atomic E-state index is -1.12. The number of carbonyl (C=O) groups excluding carboxylic acids is 1. The van der Waals surface area contributed by atoms with Crippen LogP contribution < -0.4 is 9.78 Å². The Hall–Kier alpha value is -4.25. The minimum Gasteiger partial charge on any atom is -0.283 e. The van der Waals surface area contributed by atoms with Crippen LogP contribution in [0.3, 0.4) is 0 Å². The molecule has 4 rings (SSSR count). The number of carbonyl (C=O) groups is 1. The van der Waals surface area contributed by atoms with E-state index in [-0.39, 0.29) is 0 Å². The van der Waals surface area contributed by atoms with E-state index in [0.29, 0.717) is 11.5 Å². The Labute approximate surface area is 186 Å². The molecule has 0 N–H and O–H groups in total. The molecule has 0 amide bonds. The Balaban J connectivity index is 1.44. The van der Waals surface area contributed by atoms with E-state index in [0.717, 1.165) is 33.4 Å². The molecule has 0 atom stereocenters. The van der Waals surface area contributed by atoms with Gasteiger partial charge in [-0.1, -0.05) is 83.9 Å². The van der Waals surface area contributed by atoms with Crippen molar-refractivity contribution in [2.75, 3.05) is 0 Å². The molecular weight excluding hydrogens is 404 g/mol. The average Bonchev–Trinajstić information content (AvgIpc) is 2.83. The van der Waals surface area contributed by atoms with Gasteiger partial charge in [-0.25, -0.2) is 9.78 Å². The van der Waals surface area contributed by atoms with Crippen LogP contribution in [0.1, 0.15) is 11.1 Å². The lowest BCUT2D eigenvalue weighted by molar-refractivity contribution is -0.235. The highest BCUT2D eigenvalue weighted by Gasteiger charge is 2.15. The van der Waals surface area contributed by atoms with E-state index < -0.39 is 6.16 Å². The molecule has 32 heavy (non-hydrogen) atoms. The van der Waals surface area contributed by atoms with Crippen LogP contribution in [0.15, 0.2) is 97.1 Å². The Morgan fingerprint density at radius 3 is 1.38 bits per heavy atom. The second-order valence-electron chi connectivity index (χ2n) is 7.31. The molecule has 0 spiro atoms. The standard InChI is InChI=1S/C27H22O5/c1-19-13-15-25(23(17-19)21-9-5-3-6-10-21)29-31-27(28)32-30-26-16-14-20(2)18-24(26)22-11-7-4-8-12-22/h3-18H,1-2H3. The third-order valence-corrected chi connectivity index (χ3v) is 4.84. The molecule has 4 aromatic rings. The largest absolute Gasteiger partial charge is 0.591 e. The van der Waals surface area contributed by atoms with Crippen molar-refractivity contribution in [3.63, 3.8) is 0 Å². The SMILES string of the molecule is Cc1ccc(OOC(=O)OOc2ccc(C)cc2-c2ccccc2)c(-c2ccccc2)c1. The van der Waals surface area contributed by atoms with Crippen LogP contribution in [0, 0.1) is 13.8 Å². The third kappa shape index (κ3) is 5.08. The van der Waals surface area contributed by atoms with Gasteiger partial charge < -0.3 is 0 Å². The summed E-state index contributed by atoms with van der Waals surface area (Å²) in [6, 6.07) is 30.5. The highest BCUT2D eigenvalue weighted by Crippen LogP contribution is 2.32. The van der Waals surface area contributed by atoms with Crippen molar-refractivity contribution in [1.82, 2.24) is 0 Å². The Morgan fingerprint density at radius 2 is 0.969 bits per heavy atom. The molecule has 0 aliphatic carbocycles. The van der Waals surface area contributed by atoms with Gasteiger partial charge in [-0.15, -0.1) is 0 Å². The summed E-state index contributed by atoms with van der Waals surface area (Å²) in [6.45, 7) is 3.95. The van der Waals surface area contributed by atoms with Gasteiger partial charge in [0.1, 0.15) is 0 Å². The molecule has 160 valence electrons. The first-order valence-electron chi connectivity index (χ1n) is 10.2. The van der Waals surface area contributed by atoms with Crippen LogP contribution in [0.25, 0.3) is 22.3 Å². The molecule has 0 radical (unpaired) electrons. The zero-order chi connectivity index (χ0) is 22.3. The first-order chi connectivity index (χ1) is 15.6. The summed E-state index contributed by atoms with van der Waals surface area (Å²) in [6.07, 6.45) is -1.12. The van der Waals surface area contributed by atoms with Gasteiger partial charge >= 0.3 is 6.16 Å². The number of benzene rings is 4. The van der Waals surface area contributed by atoms with E-state index in [9.17, 15) is 4.79 Å². The lowest BCUT2D eigenvalue weighted by Crippen LogP contribution is -2.13. The molecule has 5 heteroatoms. The predicted molar refractivity (Wildman–Crippen MR) is 122 cm³/mol. The second-order valence-corrected chi connectivity index (χ2v) is 7.31. The van der Waals surface area contributed by atoms with E-state index in [1.165, 1.54) is 0 Å². The molecule has 0 saturated carbocycles. The highest BCUT2D eigenvalue weighted by atomic mass is 17.3. The van der Waals surface area contributed by atoms with Gasteiger partial charge in [0.25, 0.3) is 0 Å². The van der Waals surface area contributed by atoms with E-state index in [1.807, 2.05) is 98.8 Å². The topological polar surface area (TPSA) is 54.0 Å². The predicted octanol–water partition coefficient (Wildman–Crippen LogP) is 7.08. The summed E-state index contributed by atoms with van der Waals surface area (Å²) in [5.74, 6) is 0.776. The Kier molecular flexibility index (Phi) is 6.37. The minimum absolute atomic E-state index is 0.388. The molecule has 0 unspecified atom stereocenters. The molecule has 0 aliphatic heterocycles. The fraction of sp³-hybridized carbons (Fsp3) is 0.0741. The maximum absolute atomic E-state index is 12.1. The van der Waals surface area contributed by atoms with Gasteiger partial charge in [0.15, 0.2) is 11.5 Å². The highest BCUT2D eigenvalue weighted by molar-refractivity contribution is 5.72. The van der Waals surface area contributed by atoms with Crippen LogP contribution in [0.2, 0.25) is 0 Å². The molecule has 0 bridgehead atoms. The first kappa shape index (κ1) is 21.0. The maximum Gasteiger partial charge on any atom is 0.591 e. The fourth-order valence-electron chi connectivity index (χ4n) is 3.29. The summed E-state index contributed by atoms with van der Waals surface area (Å²) >= 11 is 0. The first-order valence-corrected chi connectivity index (χ1v) is 10.2. The van der Waals surface area contributed by atoms with Crippen LogP contribution in [-0.2, 0) is 9.78 Å². The van der Waals surface area contributed by atoms with Crippen LogP contribution >= 0.6 is 0 Å². The Morgan fingerprint density at radius 1 is 0.562 bits per heavy atom. The normalized spacial score (nSPS) is 10.3. The summed E-state index contributed by atoms with van der Waals surface area (Å²) in [7, 11) is 0. The number of hydrogen-bond donors (Lipinski definition) is 0. The smallest absolute Gasteiger partial charge is 0.283 e. The van der Waals surface area contributed by atoms with Gasteiger partial charge in [-0.05, 0) is 49.2 Å². The van der Waals surface area contributed by atoms with Gasteiger partial charge in [-0.2, -0.15) is 4.79 Å². The maximum atomic E-state index is 12.1. The van der Waals surface area contributed by atoms with E-state index in [4.69, 9.17) is 19.6 Å². The average molecular weight is 426 g/mol. The number of hydrogen-bond acceptors (Lipinski definition) is 5. The summed E-state index contributed by atoms with van der Waals surface area (Å²) in [5, 5.41) is 0. The van der Waals surface area contributed by atoms with E-state index in [1.54, 1.807) is 12.1 Å². The zero-order valence-electron chi connectivity index (χ0n) is 17.8. The molecule has 0 saturated heterocycles. The van der Waals surface area contributed by atoms with Gasteiger partial charge in [0.05, 0.1) is 0 Å². The molecule has 0 heterocycles. The van der Waals surface area contributed by atoms with Gasteiger partial charge in [-0.3, -0.25) is 9.78 Å². The summed E-state index contributed by atoms with van der Waals surface area (Å²) in [4.78, 5) is 32.3. The van der Waals surface area contributed by atoms with Crippen molar-refractivity contribution >= 4 is 6.16 Å². The van der Waals surface area contributed by atoms with Crippen molar-refractivity contribution in [3.8, 4) is 33.8 Å². The number of aryl methyl sites for hydroxylation is 2. The van der Waals surface area contributed by atoms with Crippen LogP contribution in [0.5, 0.6) is 11.5 Å². The van der Waals surface area contributed by atoms with Crippen molar-refractivity contribution in [2.24, 2.45) is 0 Å². The Bertz CT molecular complexity index is 1110. The van der Waals surface area contributed by atoms with Crippen molar-refractivity contribution in [2.45, 2.75) is 13.8 Å². The van der Waals surface area contributed by atoms with Crippen molar-refractivity contribution < 1.29 is 24.3 Å². The van der Waals surface area contributed by atoms with E-state index in [2.05, 4.69) is 0 Å². The molecule has 0 fully saturated rings. The van der Waals surface area contributed by atoms with Crippen molar-refractivity contribution in [1.29, 1.82) is 0 Å².